The summed E-state index contributed by atoms with van der Waals surface area (Å²) in [6, 6.07) is 5.47. The summed E-state index contributed by atoms with van der Waals surface area (Å²) < 4.78 is 0. The van der Waals surface area contributed by atoms with E-state index in [1.54, 1.807) is 30.5 Å². The molecule has 0 aliphatic rings. The van der Waals surface area contributed by atoms with Crippen LogP contribution in [0.1, 0.15) is 24.2 Å². The van der Waals surface area contributed by atoms with Gasteiger partial charge in [-0.1, -0.05) is 6.07 Å². The molecule has 0 saturated heterocycles. The molecule has 0 aliphatic heterocycles. The predicted octanol–water partition coefficient (Wildman–Crippen LogP) is 1.63. The molecule has 2 aromatic rings. The fourth-order valence-corrected chi connectivity index (χ4v) is 1.76. The highest BCUT2D eigenvalue weighted by Gasteiger charge is 2.18. The summed E-state index contributed by atoms with van der Waals surface area (Å²) in [6.07, 6.45) is 6.92. The summed E-state index contributed by atoms with van der Waals surface area (Å²) in [7, 11) is 1.78. The maximum Gasteiger partial charge on any atom is 0.227 e. The Morgan fingerprint density at radius 2 is 2.16 bits per heavy atom. The van der Waals surface area contributed by atoms with Crippen molar-refractivity contribution >= 4 is 5.91 Å². The first kappa shape index (κ1) is 13.1. The van der Waals surface area contributed by atoms with E-state index in [-0.39, 0.29) is 11.9 Å². The third-order valence-electron chi connectivity index (χ3n) is 3.09. The Labute approximate surface area is 112 Å². The van der Waals surface area contributed by atoms with E-state index in [1.807, 2.05) is 25.1 Å². The quantitative estimate of drug-likeness (QED) is 0.834. The van der Waals surface area contributed by atoms with Crippen LogP contribution in [0.3, 0.4) is 0 Å². The van der Waals surface area contributed by atoms with Crippen molar-refractivity contribution in [1.82, 2.24) is 19.9 Å². The van der Waals surface area contributed by atoms with Gasteiger partial charge in [0.05, 0.1) is 18.2 Å². The van der Waals surface area contributed by atoms with Crippen LogP contribution in [0.4, 0.5) is 0 Å². The summed E-state index contributed by atoms with van der Waals surface area (Å²) in [5.74, 6) is 0.0408. The first-order chi connectivity index (χ1) is 9.18. The van der Waals surface area contributed by atoms with Crippen molar-refractivity contribution in [3.05, 3.63) is 54.4 Å². The first-order valence-electron chi connectivity index (χ1n) is 6.09. The molecule has 0 fully saturated rings. The molecule has 19 heavy (non-hydrogen) atoms. The lowest BCUT2D eigenvalue weighted by atomic mass is 10.1. The van der Waals surface area contributed by atoms with Gasteiger partial charge in [0.2, 0.25) is 5.91 Å². The fraction of sp³-hybridized carbons (Fsp3) is 0.286. The fourth-order valence-electron chi connectivity index (χ4n) is 1.76. The van der Waals surface area contributed by atoms with Crippen LogP contribution in [0.5, 0.6) is 0 Å². The van der Waals surface area contributed by atoms with Crippen LogP contribution in [-0.2, 0) is 11.2 Å². The predicted molar refractivity (Wildman–Crippen MR) is 71.2 cm³/mol. The maximum atomic E-state index is 12.2. The molecule has 0 unspecified atom stereocenters. The van der Waals surface area contributed by atoms with Crippen LogP contribution in [0.2, 0.25) is 0 Å². The van der Waals surface area contributed by atoms with Crippen molar-refractivity contribution in [2.24, 2.45) is 0 Å². The van der Waals surface area contributed by atoms with Gasteiger partial charge in [-0.25, -0.2) is 9.97 Å². The van der Waals surface area contributed by atoms with Crippen molar-refractivity contribution < 1.29 is 4.79 Å². The van der Waals surface area contributed by atoms with Crippen LogP contribution in [0, 0.1) is 0 Å². The molecule has 5 nitrogen and oxygen atoms in total. The molecule has 5 heteroatoms. The van der Waals surface area contributed by atoms with Gasteiger partial charge in [-0.2, -0.15) is 0 Å². The molecule has 2 heterocycles. The average molecular weight is 256 g/mol. The Morgan fingerprint density at radius 3 is 2.79 bits per heavy atom. The second kappa shape index (κ2) is 6.04. The number of pyridine rings is 1. The van der Waals surface area contributed by atoms with Gasteiger partial charge in [0.15, 0.2) is 0 Å². The van der Waals surface area contributed by atoms with E-state index in [9.17, 15) is 4.79 Å². The Kier molecular flexibility index (Phi) is 4.18. The number of amides is 1. The van der Waals surface area contributed by atoms with Crippen LogP contribution < -0.4 is 0 Å². The molecule has 0 N–H and O–H groups in total. The van der Waals surface area contributed by atoms with Crippen LogP contribution >= 0.6 is 0 Å². The summed E-state index contributed by atoms with van der Waals surface area (Å²) in [4.78, 5) is 25.9. The van der Waals surface area contributed by atoms with Gasteiger partial charge < -0.3 is 4.90 Å². The third-order valence-corrected chi connectivity index (χ3v) is 3.09. The molecule has 2 aromatic heterocycles. The molecule has 0 radical (unpaired) electrons. The molecule has 0 spiro atoms. The summed E-state index contributed by atoms with van der Waals surface area (Å²) >= 11 is 0. The van der Waals surface area contributed by atoms with Crippen LogP contribution in [0.15, 0.2) is 43.1 Å². The highest BCUT2D eigenvalue weighted by atomic mass is 16.2. The highest BCUT2D eigenvalue weighted by Crippen LogP contribution is 2.16. The van der Waals surface area contributed by atoms with Gasteiger partial charge in [-0.05, 0) is 24.6 Å². The van der Waals surface area contributed by atoms with E-state index in [1.165, 1.54) is 6.33 Å². The molecule has 1 atom stereocenters. The van der Waals surface area contributed by atoms with Crippen molar-refractivity contribution in [2.75, 3.05) is 7.05 Å². The van der Waals surface area contributed by atoms with Gasteiger partial charge in [0.1, 0.15) is 6.33 Å². The van der Waals surface area contributed by atoms with E-state index < -0.39 is 0 Å². The van der Waals surface area contributed by atoms with E-state index in [0.717, 1.165) is 11.3 Å². The van der Waals surface area contributed by atoms with E-state index in [2.05, 4.69) is 15.0 Å². The van der Waals surface area contributed by atoms with E-state index in [0.29, 0.717) is 6.42 Å². The number of nitrogens with zero attached hydrogens (tertiary/aromatic N) is 4. The number of hydrogen-bond donors (Lipinski definition) is 0. The Hall–Kier alpha value is -2.30. The largest absolute Gasteiger partial charge is 0.337 e. The Balaban J connectivity index is 2.03. The van der Waals surface area contributed by atoms with Gasteiger partial charge in [0.25, 0.3) is 0 Å². The Bertz CT molecular complexity index is 530. The minimum absolute atomic E-state index is 0.0408. The van der Waals surface area contributed by atoms with E-state index >= 15 is 0 Å². The third kappa shape index (κ3) is 3.34. The van der Waals surface area contributed by atoms with Crippen molar-refractivity contribution in [3.63, 3.8) is 0 Å². The van der Waals surface area contributed by atoms with Gasteiger partial charge in [-0.3, -0.25) is 9.78 Å². The number of aromatic nitrogens is 3. The molecular formula is C14H16N4O. The molecule has 0 aliphatic carbocycles. The Morgan fingerprint density at radius 1 is 1.32 bits per heavy atom. The molecule has 98 valence electrons. The second-order valence-corrected chi connectivity index (χ2v) is 4.35. The second-order valence-electron chi connectivity index (χ2n) is 4.35. The van der Waals surface area contributed by atoms with Gasteiger partial charge >= 0.3 is 0 Å². The lowest BCUT2D eigenvalue weighted by Crippen LogP contribution is -2.31. The lowest BCUT2D eigenvalue weighted by molar-refractivity contribution is -0.131. The number of likely N-dealkylation sites (N-methyl/N-ethyl adjacent to an activating group) is 1. The minimum Gasteiger partial charge on any atom is -0.337 e. The molecule has 0 bridgehead atoms. The highest BCUT2D eigenvalue weighted by molar-refractivity contribution is 5.78. The molecule has 0 aromatic carbocycles. The average Bonchev–Trinajstić information content (AvgIpc) is 2.47. The van der Waals surface area contributed by atoms with Crippen LogP contribution in [0.25, 0.3) is 0 Å². The van der Waals surface area contributed by atoms with Crippen LogP contribution in [-0.4, -0.2) is 32.8 Å². The minimum atomic E-state index is -0.0767. The van der Waals surface area contributed by atoms with Crippen molar-refractivity contribution in [3.8, 4) is 0 Å². The summed E-state index contributed by atoms with van der Waals surface area (Å²) in [5, 5.41) is 0. The standard InChI is InChI=1S/C14H16N4O/c1-11(13-5-7-16-10-17-13)18(2)14(19)8-12-4-3-6-15-9-12/h3-7,9-11H,8H2,1-2H3/t11-/m0/s1. The molecule has 1 amide bonds. The number of hydrogen-bond acceptors (Lipinski definition) is 4. The number of rotatable bonds is 4. The first-order valence-corrected chi connectivity index (χ1v) is 6.09. The molecular weight excluding hydrogens is 240 g/mol. The maximum absolute atomic E-state index is 12.2. The molecule has 2 rings (SSSR count). The SMILES string of the molecule is C[C@@H](c1ccncn1)N(C)C(=O)Cc1cccnc1. The van der Waals surface area contributed by atoms with Gasteiger partial charge in [0, 0.05) is 25.6 Å². The van der Waals surface area contributed by atoms with Crippen molar-refractivity contribution in [1.29, 1.82) is 0 Å². The van der Waals surface area contributed by atoms with Crippen molar-refractivity contribution in [2.45, 2.75) is 19.4 Å². The zero-order valence-corrected chi connectivity index (χ0v) is 11.0. The monoisotopic (exact) mass is 256 g/mol. The smallest absolute Gasteiger partial charge is 0.227 e. The summed E-state index contributed by atoms with van der Waals surface area (Å²) in [5.41, 5.74) is 1.74. The van der Waals surface area contributed by atoms with E-state index in [4.69, 9.17) is 0 Å². The number of carbonyl (C=O) groups is 1. The zero-order chi connectivity index (χ0) is 13.7. The normalized spacial score (nSPS) is 11.9. The summed E-state index contributed by atoms with van der Waals surface area (Å²) in [6.45, 7) is 1.95. The number of carbonyl (C=O) groups excluding carboxylic acids is 1. The lowest BCUT2D eigenvalue weighted by Gasteiger charge is -2.24. The van der Waals surface area contributed by atoms with Gasteiger partial charge in [-0.15, -0.1) is 0 Å². The zero-order valence-electron chi connectivity index (χ0n) is 11.0. The topological polar surface area (TPSA) is 59.0 Å². The molecule has 0 saturated carbocycles.